The van der Waals surface area contributed by atoms with E-state index < -0.39 is 17.5 Å². The first-order valence-electron chi connectivity index (χ1n) is 8.95. The zero-order valence-electron chi connectivity index (χ0n) is 15.2. The van der Waals surface area contributed by atoms with E-state index in [1.165, 1.54) is 0 Å². The Balaban J connectivity index is 1.88. The Hall–Kier alpha value is -1.95. The third-order valence-corrected chi connectivity index (χ3v) is 5.77. The number of piperidine rings is 1. The van der Waals surface area contributed by atoms with Crippen molar-refractivity contribution in [3.05, 3.63) is 70.0 Å². The van der Waals surface area contributed by atoms with Crippen LogP contribution in [0, 0.1) is 18.2 Å². The number of hydrogen-bond acceptors (Lipinski definition) is 3. The highest BCUT2D eigenvalue weighted by atomic mass is 35.5. The number of carbonyl (C=O) groups is 1. The Morgan fingerprint density at radius 1 is 1.30 bits per heavy atom. The van der Waals surface area contributed by atoms with E-state index in [1.54, 1.807) is 19.1 Å². The minimum absolute atomic E-state index is 0.127. The summed E-state index contributed by atoms with van der Waals surface area (Å²) in [6.07, 6.45) is -0.445. The summed E-state index contributed by atoms with van der Waals surface area (Å²) in [6, 6.07) is 12.5. The molecule has 0 spiro atoms. The molecule has 6 heteroatoms. The van der Waals surface area contributed by atoms with E-state index in [0.29, 0.717) is 29.1 Å². The molecule has 0 saturated carbocycles. The number of aliphatic carboxylic acids is 1. The minimum atomic E-state index is -1.34. The van der Waals surface area contributed by atoms with Crippen molar-refractivity contribution in [1.29, 1.82) is 0 Å². The molecule has 0 bridgehead atoms. The normalized spacial score (nSPS) is 23.3. The molecule has 0 aliphatic carbocycles. The fraction of sp³-hybridized carbons (Fsp3) is 0.381. The van der Waals surface area contributed by atoms with Crippen LogP contribution in [0.25, 0.3) is 0 Å². The Kier molecular flexibility index (Phi) is 5.84. The van der Waals surface area contributed by atoms with E-state index >= 15 is 0 Å². The van der Waals surface area contributed by atoms with Gasteiger partial charge in [-0.3, -0.25) is 9.69 Å². The van der Waals surface area contributed by atoms with Crippen LogP contribution in [0.4, 0.5) is 4.39 Å². The lowest BCUT2D eigenvalue weighted by atomic mass is 9.72. The zero-order valence-corrected chi connectivity index (χ0v) is 15.9. The SMILES string of the molecule is Cc1ccc(Cl)c(CN2CC[C@H](O)[C@@](Cc3ccccc3)(C(=O)O)C2)c1F. The van der Waals surface area contributed by atoms with Crippen LogP contribution >= 0.6 is 11.6 Å². The summed E-state index contributed by atoms with van der Waals surface area (Å²) in [6.45, 7) is 2.49. The van der Waals surface area contributed by atoms with E-state index in [-0.39, 0.29) is 25.3 Å². The number of rotatable bonds is 5. The van der Waals surface area contributed by atoms with Gasteiger partial charge in [0.25, 0.3) is 0 Å². The number of carboxylic acids is 1. The van der Waals surface area contributed by atoms with E-state index in [9.17, 15) is 19.4 Å². The number of nitrogens with zero attached hydrogens (tertiary/aromatic N) is 1. The van der Waals surface area contributed by atoms with Gasteiger partial charge in [-0.05, 0) is 37.0 Å². The molecule has 1 heterocycles. The summed E-state index contributed by atoms with van der Waals surface area (Å²) < 4.78 is 14.5. The maximum atomic E-state index is 14.5. The average Bonchev–Trinajstić information content (AvgIpc) is 2.65. The predicted octanol–water partition coefficient (Wildman–Crippen LogP) is 3.67. The van der Waals surface area contributed by atoms with Crippen LogP contribution in [-0.4, -0.2) is 40.3 Å². The second-order valence-electron chi connectivity index (χ2n) is 7.30. The molecule has 1 saturated heterocycles. The molecule has 4 nitrogen and oxygen atoms in total. The minimum Gasteiger partial charge on any atom is -0.481 e. The van der Waals surface area contributed by atoms with Gasteiger partial charge in [-0.2, -0.15) is 0 Å². The summed E-state index contributed by atoms with van der Waals surface area (Å²) in [4.78, 5) is 14.1. The van der Waals surface area contributed by atoms with Gasteiger partial charge in [-0.25, -0.2) is 4.39 Å². The lowest BCUT2D eigenvalue weighted by Gasteiger charge is -2.43. The molecule has 1 aliphatic heterocycles. The first-order chi connectivity index (χ1) is 12.8. The van der Waals surface area contributed by atoms with E-state index in [0.717, 1.165) is 5.56 Å². The Bertz CT molecular complexity index is 830. The molecule has 2 atom stereocenters. The number of aliphatic hydroxyl groups is 1. The Morgan fingerprint density at radius 3 is 2.67 bits per heavy atom. The van der Waals surface area contributed by atoms with Crippen LogP contribution in [-0.2, 0) is 17.8 Å². The smallest absolute Gasteiger partial charge is 0.313 e. The quantitative estimate of drug-likeness (QED) is 0.816. The standard InChI is InChI=1S/C21H23ClFNO3/c1-14-7-8-17(22)16(19(14)23)12-24-10-9-18(25)21(13-24,20(26)27)11-15-5-3-2-4-6-15/h2-8,18,25H,9-13H2,1H3,(H,26,27)/t18-,21-/m0/s1. The Labute approximate surface area is 163 Å². The molecule has 27 heavy (non-hydrogen) atoms. The maximum Gasteiger partial charge on any atom is 0.313 e. The predicted molar refractivity (Wildman–Crippen MR) is 102 cm³/mol. The van der Waals surface area contributed by atoms with Gasteiger partial charge in [-0.1, -0.05) is 48.0 Å². The molecule has 2 aromatic carbocycles. The molecule has 144 valence electrons. The number of halogens is 2. The molecule has 1 fully saturated rings. The van der Waals surface area contributed by atoms with Crippen molar-refractivity contribution in [1.82, 2.24) is 4.90 Å². The molecule has 2 N–H and O–H groups in total. The summed E-state index contributed by atoms with van der Waals surface area (Å²) >= 11 is 6.18. The summed E-state index contributed by atoms with van der Waals surface area (Å²) in [5.74, 6) is -1.41. The van der Waals surface area contributed by atoms with Crippen molar-refractivity contribution in [3.8, 4) is 0 Å². The van der Waals surface area contributed by atoms with Gasteiger partial charge in [0.2, 0.25) is 0 Å². The second kappa shape index (κ2) is 7.97. The fourth-order valence-electron chi connectivity index (χ4n) is 3.80. The number of aryl methyl sites for hydroxylation is 1. The van der Waals surface area contributed by atoms with Gasteiger partial charge in [0.05, 0.1) is 6.10 Å². The van der Waals surface area contributed by atoms with Crippen molar-refractivity contribution in [3.63, 3.8) is 0 Å². The molecule has 0 radical (unpaired) electrons. The zero-order chi connectivity index (χ0) is 19.6. The number of aliphatic hydroxyl groups excluding tert-OH is 1. The topological polar surface area (TPSA) is 60.8 Å². The van der Waals surface area contributed by atoms with Crippen molar-refractivity contribution in [2.24, 2.45) is 5.41 Å². The molecular formula is C21H23ClFNO3. The summed E-state index contributed by atoms with van der Waals surface area (Å²) in [5.41, 5.74) is 0.375. The number of likely N-dealkylation sites (tertiary alicyclic amines) is 1. The molecule has 1 aliphatic rings. The molecule has 3 rings (SSSR count). The highest BCUT2D eigenvalue weighted by Gasteiger charge is 2.49. The van der Waals surface area contributed by atoms with Crippen LogP contribution in [0.5, 0.6) is 0 Å². The van der Waals surface area contributed by atoms with Gasteiger partial charge in [0.1, 0.15) is 11.2 Å². The van der Waals surface area contributed by atoms with Gasteiger partial charge in [0, 0.05) is 30.2 Å². The average molecular weight is 392 g/mol. The van der Waals surface area contributed by atoms with Crippen molar-refractivity contribution in [2.75, 3.05) is 13.1 Å². The molecule has 2 aromatic rings. The summed E-state index contributed by atoms with van der Waals surface area (Å²) in [5, 5.41) is 20.9. The van der Waals surface area contributed by atoms with Crippen molar-refractivity contribution < 1.29 is 19.4 Å². The maximum absolute atomic E-state index is 14.5. The van der Waals surface area contributed by atoms with E-state index in [2.05, 4.69) is 0 Å². The van der Waals surface area contributed by atoms with Crippen LogP contribution < -0.4 is 0 Å². The first-order valence-corrected chi connectivity index (χ1v) is 9.32. The van der Waals surface area contributed by atoms with E-state index in [1.807, 2.05) is 35.2 Å². The number of benzene rings is 2. The van der Waals surface area contributed by atoms with Gasteiger partial charge in [0.15, 0.2) is 0 Å². The number of carboxylic acid groups (broad SMARTS) is 1. The van der Waals surface area contributed by atoms with E-state index in [4.69, 9.17) is 11.6 Å². The largest absolute Gasteiger partial charge is 0.481 e. The molecular weight excluding hydrogens is 369 g/mol. The number of hydrogen-bond donors (Lipinski definition) is 2. The lowest BCUT2D eigenvalue weighted by Crippen LogP contribution is -2.56. The van der Waals surface area contributed by atoms with Crippen molar-refractivity contribution >= 4 is 17.6 Å². The first kappa shape index (κ1) is 19.8. The second-order valence-corrected chi connectivity index (χ2v) is 7.70. The molecule has 0 aromatic heterocycles. The van der Waals surface area contributed by atoms with Crippen LogP contribution in [0.3, 0.4) is 0 Å². The molecule has 0 amide bonds. The highest BCUT2D eigenvalue weighted by Crippen LogP contribution is 2.36. The van der Waals surface area contributed by atoms with Gasteiger partial charge in [-0.15, -0.1) is 0 Å². The van der Waals surface area contributed by atoms with Crippen LogP contribution in [0.1, 0.15) is 23.1 Å². The lowest BCUT2D eigenvalue weighted by molar-refractivity contribution is -0.163. The van der Waals surface area contributed by atoms with Crippen LogP contribution in [0.2, 0.25) is 5.02 Å². The van der Waals surface area contributed by atoms with Crippen LogP contribution in [0.15, 0.2) is 42.5 Å². The van der Waals surface area contributed by atoms with Gasteiger partial charge < -0.3 is 10.2 Å². The monoisotopic (exact) mass is 391 g/mol. The van der Waals surface area contributed by atoms with Crippen molar-refractivity contribution in [2.45, 2.75) is 32.4 Å². The Morgan fingerprint density at radius 2 is 2.00 bits per heavy atom. The fourth-order valence-corrected chi connectivity index (χ4v) is 4.01. The summed E-state index contributed by atoms with van der Waals surface area (Å²) in [7, 11) is 0. The van der Waals surface area contributed by atoms with Gasteiger partial charge >= 0.3 is 5.97 Å². The third-order valence-electron chi connectivity index (χ3n) is 5.41. The molecule has 0 unspecified atom stereocenters. The third kappa shape index (κ3) is 4.00. The highest BCUT2D eigenvalue weighted by molar-refractivity contribution is 6.31.